The summed E-state index contributed by atoms with van der Waals surface area (Å²) in [7, 11) is 3.50. The van der Waals surface area contributed by atoms with Crippen LogP contribution in [0, 0.1) is 5.41 Å². The highest BCUT2D eigenvalue weighted by Crippen LogP contribution is 2.56. The Hall–Kier alpha value is -0.120. The molecule has 0 heterocycles. The third-order valence-corrected chi connectivity index (χ3v) is 3.61. The van der Waals surface area contributed by atoms with E-state index in [9.17, 15) is 0 Å². The fourth-order valence-corrected chi connectivity index (χ4v) is 2.64. The Bertz CT molecular complexity index is 168. The summed E-state index contributed by atoms with van der Waals surface area (Å²) in [6, 6.07) is 0.529. The second-order valence-electron chi connectivity index (χ2n) is 3.92. The normalized spacial score (nSPS) is 37.5. The highest BCUT2D eigenvalue weighted by atomic mass is 16.6. The van der Waals surface area contributed by atoms with Crippen LogP contribution in [0.3, 0.4) is 0 Å². The Balaban J connectivity index is 1.94. The van der Waals surface area contributed by atoms with Crippen LogP contribution in [-0.4, -0.2) is 26.4 Å². The van der Waals surface area contributed by atoms with Crippen LogP contribution < -0.4 is 5.48 Å². The van der Waals surface area contributed by atoms with E-state index < -0.39 is 0 Å². The lowest BCUT2D eigenvalue weighted by Crippen LogP contribution is -2.66. The number of hydroxylamine groups is 1. The molecule has 3 heteroatoms. The summed E-state index contributed by atoms with van der Waals surface area (Å²) in [5.41, 5.74) is 3.48. The van der Waals surface area contributed by atoms with Gasteiger partial charge in [-0.25, -0.2) is 0 Å². The lowest BCUT2D eigenvalue weighted by Gasteiger charge is -2.60. The van der Waals surface area contributed by atoms with Crippen LogP contribution in [0.5, 0.6) is 0 Å². The molecule has 1 N–H and O–H groups in total. The van der Waals surface area contributed by atoms with Gasteiger partial charge in [0, 0.05) is 18.6 Å². The summed E-state index contributed by atoms with van der Waals surface area (Å²) >= 11 is 0. The van der Waals surface area contributed by atoms with Crippen molar-refractivity contribution in [3.8, 4) is 0 Å². The van der Waals surface area contributed by atoms with Crippen LogP contribution in [0.1, 0.15) is 25.7 Å². The minimum absolute atomic E-state index is 0.421. The molecule has 70 valence electrons. The first kappa shape index (κ1) is 8.48. The van der Waals surface area contributed by atoms with Crippen molar-refractivity contribution >= 4 is 0 Å². The molecule has 2 aliphatic rings. The molecule has 0 aromatic rings. The molecule has 0 saturated heterocycles. The second-order valence-corrected chi connectivity index (χ2v) is 3.92. The Morgan fingerprint density at radius 1 is 1.33 bits per heavy atom. The standard InChI is InChI=1S/C9H17NO2/c1-11-8-6-7(10-12-2)9(8)4-3-5-9/h7-8,10H,3-6H2,1-2H3. The van der Waals surface area contributed by atoms with Crippen molar-refractivity contribution in [3.05, 3.63) is 0 Å². The van der Waals surface area contributed by atoms with Crippen LogP contribution in [0.25, 0.3) is 0 Å². The lowest BCUT2D eigenvalue weighted by molar-refractivity contribution is -0.190. The van der Waals surface area contributed by atoms with Crippen molar-refractivity contribution in [2.45, 2.75) is 37.8 Å². The average molecular weight is 171 g/mol. The predicted octanol–water partition coefficient (Wildman–Crippen LogP) is 1.09. The van der Waals surface area contributed by atoms with E-state index in [1.54, 1.807) is 7.11 Å². The van der Waals surface area contributed by atoms with Crippen LogP contribution in [0.4, 0.5) is 0 Å². The molecule has 2 saturated carbocycles. The van der Waals surface area contributed by atoms with Crippen molar-refractivity contribution in [1.82, 2.24) is 5.48 Å². The van der Waals surface area contributed by atoms with Crippen molar-refractivity contribution < 1.29 is 9.57 Å². The van der Waals surface area contributed by atoms with Gasteiger partial charge in [0.1, 0.15) is 0 Å². The summed E-state index contributed by atoms with van der Waals surface area (Å²) in [5.74, 6) is 0. The first-order valence-corrected chi connectivity index (χ1v) is 4.65. The van der Waals surface area contributed by atoms with Crippen molar-refractivity contribution in [2.75, 3.05) is 14.2 Å². The Labute approximate surface area is 73.4 Å². The van der Waals surface area contributed by atoms with E-state index in [0.717, 1.165) is 6.42 Å². The summed E-state index contributed by atoms with van der Waals surface area (Å²) < 4.78 is 5.42. The summed E-state index contributed by atoms with van der Waals surface area (Å²) in [6.45, 7) is 0. The molecule has 0 aromatic carbocycles. The van der Waals surface area contributed by atoms with Gasteiger partial charge < -0.3 is 9.57 Å². The first-order valence-electron chi connectivity index (χ1n) is 4.65. The van der Waals surface area contributed by atoms with E-state index in [4.69, 9.17) is 9.57 Å². The molecular weight excluding hydrogens is 154 g/mol. The zero-order valence-electron chi connectivity index (χ0n) is 7.80. The van der Waals surface area contributed by atoms with Gasteiger partial charge >= 0.3 is 0 Å². The van der Waals surface area contributed by atoms with E-state index in [0.29, 0.717) is 17.6 Å². The third kappa shape index (κ3) is 0.934. The van der Waals surface area contributed by atoms with E-state index in [1.165, 1.54) is 19.3 Å². The van der Waals surface area contributed by atoms with Gasteiger partial charge in [-0.05, 0) is 19.3 Å². The summed E-state index contributed by atoms with van der Waals surface area (Å²) in [6.07, 6.45) is 5.52. The molecule has 0 bridgehead atoms. The van der Waals surface area contributed by atoms with Gasteiger partial charge in [-0.3, -0.25) is 0 Å². The summed E-state index contributed by atoms with van der Waals surface area (Å²) in [5, 5.41) is 0. The number of hydrogen-bond donors (Lipinski definition) is 1. The van der Waals surface area contributed by atoms with Crippen LogP contribution >= 0.6 is 0 Å². The third-order valence-electron chi connectivity index (χ3n) is 3.61. The van der Waals surface area contributed by atoms with E-state index in [2.05, 4.69) is 5.48 Å². The predicted molar refractivity (Wildman–Crippen MR) is 45.6 cm³/mol. The number of rotatable bonds is 3. The average Bonchev–Trinajstić information content (AvgIpc) is 1.93. The number of hydrogen-bond acceptors (Lipinski definition) is 3. The Morgan fingerprint density at radius 2 is 2.08 bits per heavy atom. The van der Waals surface area contributed by atoms with Gasteiger partial charge in [-0.2, -0.15) is 5.48 Å². The van der Waals surface area contributed by atoms with Gasteiger partial charge in [0.05, 0.1) is 13.2 Å². The molecule has 2 unspecified atom stereocenters. The van der Waals surface area contributed by atoms with Gasteiger partial charge in [0.15, 0.2) is 0 Å². The van der Waals surface area contributed by atoms with E-state index >= 15 is 0 Å². The monoisotopic (exact) mass is 171 g/mol. The molecule has 2 atom stereocenters. The Kier molecular flexibility index (Phi) is 2.10. The molecule has 0 radical (unpaired) electrons. The Morgan fingerprint density at radius 3 is 2.50 bits per heavy atom. The minimum atomic E-state index is 0.421. The molecule has 0 amide bonds. The maximum Gasteiger partial charge on any atom is 0.0659 e. The van der Waals surface area contributed by atoms with Crippen molar-refractivity contribution in [2.24, 2.45) is 5.41 Å². The zero-order chi connectivity index (χ0) is 8.60. The molecule has 2 rings (SSSR count). The molecule has 2 aliphatic carbocycles. The quantitative estimate of drug-likeness (QED) is 0.645. The maximum absolute atomic E-state index is 5.42. The largest absolute Gasteiger partial charge is 0.381 e. The smallest absolute Gasteiger partial charge is 0.0659 e. The highest BCUT2D eigenvalue weighted by Gasteiger charge is 2.58. The molecule has 2 fully saturated rings. The van der Waals surface area contributed by atoms with Crippen molar-refractivity contribution in [1.29, 1.82) is 0 Å². The van der Waals surface area contributed by atoms with Gasteiger partial charge in [0.2, 0.25) is 0 Å². The van der Waals surface area contributed by atoms with Gasteiger partial charge in [-0.15, -0.1) is 0 Å². The van der Waals surface area contributed by atoms with Crippen LogP contribution in [-0.2, 0) is 9.57 Å². The fourth-order valence-electron chi connectivity index (χ4n) is 2.64. The molecule has 3 nitrogen and oxygen atoms in total. The SMILES string of the molecule is CONC1CC(OC)C12CCC2. The maximum atomic E-state index is 5.42. The topological polar surface area (TPSA) is 30.5 Å². The van der Waals surface area contributed by atoms with E-state index in [1.807, 2.05) is 7.11 Å². The lowest BCUT2D eigenvalue weighted by atomic mass is 9.51. The molecule has 1 spiro atoms. The molecule has 0 aliphatic heterocycles. The molecular formula is C9H17NO2. The van der Waals surface area contributed by atoms with Gasteiger partial charge in [-0.1, -0.05) is 6.42 Å². The van der Waals surface area contributed by atoms with Crippen LogP contribution in [0.15, 0.2) is 0 Å². The highest BCUT2D eigenvalue weighted by molar-refractivity contribution is 5.11. The fraction of sp³-hybridized carbons (Fsp3) is 1.00. The van der Waals surface area contributed by atoms with Crippen LogP contribution in [0.2, 0.25) is 0 Å². The van der Waals surface area contributed by atoms with E-state index in [-0.39, 0.29) is 0 Å². The minimum Gasteiger partial charge on any atom is -0.381 e. The first-order chi connectivity index (χ1) is 5.83. The number of methoxy groups -OCH3 is 1. The number of nitrogens with one attached hydrogen (secondary N) is 1. The second kappa shape index (κ2) is 2.98. The summed E-state index contributed by atoms with van der Waals surface area (Å²) in [4.78, 5) is 4.96. The van der Waals surface area contributed by atoms with Gasteiger partial charge in [0.25, 0.3) is 0 Å². The molecule has 12 heavy (non-hydrogen) atoms. The number of ether oxygens (including phenoxy) is 1. The zero-order valence-corrected chi connectivity index (χ0v) is 7.80. The van der Waals surface area contributed by atoms with Crippen molar-refractivity contribution in [3.63, 3.8) is 0 Å². The molecule has 0 aromatic heterocycles.